The number of benzene rings is 1. The second kappa shape index (κ2) is 8.40. The van der Waals surface area contributed by atoms with Gasteiger partial charge in [-0.2, -0.15) is 0 Å². The summed E-state index contributed by atoms with van der Waals surface area (Å²) in [6.07, 6.45) is 3.22. The van der Waals surface area contributed by atoms with Crippen LogP contribution in [-0.4, -0.2) is 21.7 Å². The van der Waals surface area contributed by atoms with E-state index in [0.717, 1.165) is 16.7 Å². The topological polar surface area (TPSA) is 85.1 Å². The van der Waals surface area contributed by atoms with Crippen molar-refractivity contribution >= 4 is 11.7 Å². The number of ketones is 1. The maximum absolute atomic E-state index is 12.2. The molecule has 0 aliphatic heterocycles. The van der Waals surface area contributed by atoms with Crippen molar-refractivity contribution in [1.29, 1.82) is 0 Å². The van der Waals surface area contributed by atoms with Crippen LogP contribution in [0, 0.1) is 13.8 Å². The van der Waals surface area contributed by atoms with E-state index in [4.69, 9.17) is 4.42 Å². The average Bonchev–Trinajstić information content (AvgIpc) is 3.02. The second-order valence-electron chi connectivity index (χ2n) is 6.42. The maximum atomic E-state index is 12.2. The average molecular weight is 363 g/mol. The lowest BCUT2D eigenvalue weighted by Crippen LogP contribution is -2.26. The number of amides is 1. The van der Waals surface area contributed by atoms with Gasteiger partial charge >= 0.3 is 0 Å². The van der Waals surface area contributed by atoms with Gasteiger partial charge in [0, 0.05) is 24.5 Å². The molecule has 0 atom stereocenters. The van der Waals surface area contributed by atoms with Crippen LogP contribution in [-0.2, 0) is 22.6 Å². The van der Waals surface area contributed by atoms with E-state index in [0.29, 0.717) is 23.9 Å². The lowest BCUT2D eigenvalue weighted by Gasteiger charge is -2.04. The molecule has 1 amide bonds. The smallest absolute Gasteiger partial charge is 0.227 e. The molecule has 1 aromatic carbocycles. The number of aryl methyl sites for hydroxylation is 2. The Morgan fingerprint density at radius 1 is 1.11 bits per heavy atom. The molecule has 0 aliphatic rings. The molecule has 0 saturated heterocycles. The van der Waals surface area contributed by atoms with Crippen molar-refractivity contribution in [3.63, 3.8) is 0 Å². The van der Waals surface area contributed by atoms with Crippen LogP contribution in [0.2, 0.25) is 0 Å². The van der Waals surface area contributed by atoms with Crippen molar-refractivity contribution in [3.8, 4) is 11.5 Å². The molecule has 138 valence electrons. The third-order valence-electron chi connectivity index (χ3n) is 4.13. The molecule has 0 saturated carbocycles. The Morgan fingerprint density at radius 3 is 2.59 bits per heavy atom. The standard InChI is InChI=1S/C21H21N3O3/c1-14-5-7-17(8-6-14)21-24-19(15(2)27-21)10-18(25)11-20(26)23-13-16-4-3-9-22-12-16/h3-9,12H,10-11,13H2,1-2H3,(H,23,26). The first-order valence-corrected chi connectivity index (χ1v) is 8.72. The molecule has 3 aromatic rings. The van der Waals surface area contributed by atoms with Crippen LogP contribution >= 0.6 is 0 Å². The predicted molar refractivity (Wildman–Crippen MR) is 101 cm³/mol. The summed E-state index contributed by atoms with van der Waals surface area (Å²) in [6.45, 7) is 4.13. The Balaban J connectivity index is 1.56. The van der Waals surface area contributed by atoms with Crippen LogP contribution in [0.4, 0.5) is 0 Å². The summed E-state index contributed by atoms with van der Waals surface area (Å²) < 4.78 is 5.68. The number of hydrogen-bond donors (Lipinski definition) is 1. The summed E-state index contributed by atoms with van der Waals surface area (Å²) in [5.41, 5.74) is 3.45. The summed E-state index contributed by atoms with van der Waals surface area (Å²) in [6, 6.07) is 11.5. The molecule has 1 N–H and O–H groups in total. The highest BCUT2D eigenvalue weighted by Gasteiger charge is 2.17. The van der Waals surface area contributed by atoms with Gasteiger partial charge in [-0.1, -0.05) is 23.8 Å². The zero-order valence-electron chi connectivity index (χ0n) is 15.4. The molecule has 0 fully saturated rings. The Bertz CT molecular complexity index is 931. The van der Waals surface area contributed by atoms with Gasteiger partial charge in [0.2, 0.25) is 11.8 Å². The van der Waals surface area contributed by atoms with Gasteiger partial charge in [-0.25, -0.2) is 4.98 Å². The van der Waals surface area contributed by atoms with Gasteiger partial charge in [0.05, 0.1) is 18.5 Å². The SMILES string of the molecule is Cc1ccc(-c2nc(CC(=O)CC(=O)NCc3cccnc3)c(C)o2)cc1. The molecule has 6 heteroatoms. The molecule has 27 heavy (non-hydrogen) atoms. The number of carbonyl (C=O) groups is 2. The number of aromatic nitrogens is 2. The predicted octanol–water partition coefficient (Wildman–Crippen LogP) is 3.17. The Morgan fingerprint density at radius 2 is 1.89 bits per heavy atom. The first-order chi connectivity index (χ1) is 13.0. The van der Waals surface area contributed by atoms with Gasteiger partial charge in [0.25, 0.3) is 0 Å². The van der Waals surface area contributed by atoms with Crippen LogP contribution in [0.5, 0.6) is 0 Å². The van der Waals surface area contributed by atoms with Crippen molar-refractivity contribution in [2.24, 2.45) is 0 Å². The number of oxazole rings is 1. The highest BCUT2D eigenvalue weighted by Crippen LogP contribution is 2.22. The Labute approximate surface area is 157 Å². The van der Waals surface area contributed by atoms with E-state index in [1.807, 2.05) is 37.3 Å². The van der Waals surface area contributed by atoms with E-state index >= 15 is 0 Å². The minimum absolute atomic E-state index is 0.0709. The first kappa shape index (κ1) is 18.5. The van der Waals surface area contributed by atoms with Gasteiger partial charge in [-0.05, 0) is 37.6 Å². The fourth-order valence-corrected chi connectivity index (χ4v) is 2.61. The minimum Gasteiger partial charge on any atom is -0.441 e. The molecular formula is C21H21N3O3. The van der Waals surface area contributed by atoms with Crippen LogP contribution in [0.25, 0.3) is 11.5 Å². The fraction of sp³-hybridized carbons (Fsp3) is 0.238. The third kappa shape index (κ3) is 5.10. The molecule has 2 aromatic heterocycles. The van der Waals surface area contributed by atoms with Crippen LogP contribution in [0.1, 0.15) is 29.0 Å². The molecule has 6 nitrogen and oxygen atoms in total. The number of pyridine rings is 1. The Kier molecular flexibility index (Phi) is 5.76. The third-order valence-corrected chi connectivity index (χ3v) is 4.13. The van der Waals surface area contributed by atoms with Crippen molar-refractivity contribution in [2.45, 2.75) is 33.2 Å². The van der Waals surface area contributed by atoms with E-state index in [9.17, 15) is 9.59 Å². The van der Waals surface area contributed by atoms with Crippen molar-refractivity contribution < 1.29 is 14.0 Å². The quantitative estimate of drug-likeness (QED) is 0.652. The zero-order valence-corrected chi connectivity index (χ0v) is 15.4. The van der Waals surface area contributed by atoms with Gasteiger partial charge in [-0.3, -0.25) is 14.6 Å². The van der Waals surface area contributed by atoms with Gasteiger partial charge < -0.3 is 9.73 Å². The van der Waals surface area contributed by atoms with Gasteiger partial charge in [0.1, 0.15) is 11.5 Å². The lowest BCUT2D eigenvalue weighted by molar-refractivity contribution is -0.128. The van der Waals surface area contributed by atoms with Crippen LogP contribution < -0.4 is 5.32 Å². The highest BCUT2D eigenvalue weighted by atomic mass is 16.4. The maximum Gasteiger partial charge on any atom is 0.227 e. The minimum atomic E-state index is -0.316. The van der Waals surface area contributed by atoms with E-state index in [1.54, 1.807) is 25.4 Å². The number of nitrogens with zero attached hydrogens (tertiary/aromatic N) is 2. The molecule has 2 heterocycles. The van der Waals surface area contributed by atoms with Crippen molar-refractivity contribution in [1.82, 2.24) is 15.3 Å². The van der Waals surface area contributed by atoms with Crippen LogP contribution in [0.3, 0.4) is 0 Å². The summed E-state index contributed by atoms with van der Waals surface area (Å²) in [5, 5.41) is 2.72. The Hall–Kier alpha value is -3.28. The number of rotatable bonds is 7. The zero-order chi connectivity index (χ0) is 19.2. The molecule has 0 spiro atoms. The first-order valence-electron chi connectivity index (χ1n) is 8.72. The number of carbonyl (C=O) groups excluding carboxylic acids is 2. The van der Waals surface area contributed by atoms with Crippen molar-refractivity contribution in [3.05, 3.63) is 71.4 Å². The summed E-state index contributed by atoms with van der Waals surface area (Å²) in [4.78, 5) is 32.6. The number of hydrogen-bond acceptors (Lipinski definition) is 5. The monoisotopic (exact) mass is 363 g/mol. The lowest BCUT2D eigenvalue weighted by atomic mass is 10.1. The second-order valence-corrected chi connectivity index (χ2v) is 6.42. The summed E-state index contributed by atoms with van der Waals surface area (Å²) >= 11 is 0. The number of nitrogens with one attached hydrogen (secondary N) is 1. The van der Waals surface area contributed by atoms with Gasteiger partial charge in [0.15, 0.2) is 0 Å². The van der Waals surface area contributed by atoms with E-state index in [-0.39, 0.29) is 24.5 Å². The van der Waals surface area contributed by atoms with E-state index in [1.165, 1.54) is 0 Å². The fourth-order valence-electron chi connectivity index (χ4n) is 2.61. The molecule has 0 radical (unpaired) electrons. The van der Waals surface area contributed by atoms with Crippen molar-refractivity contribution in [2.75, 3.05) is 0 Å². The van der Waals surface area contributed by atoms with Gasteiger partial charge in [-0.15, -0.1) is 0 Å². The van der Waals surface area contributed by atoms with Crippen LogP contribution in [0.15, 0.2) is 53.2 Å². The molecule has 3 rings (SSSR count). The molecular weight excluding hydrogens is 342 g/mol. The number of Topliss-reactive ketones (excluding diaryl/α,β-unsaturated/α-hetero) is 1. The molecule has 0 bridgehead atoms. The normalized spacial score (nSPS) is 10.6. The summed E-state index contributed by atoms with van der Waals surface area (Å²) in [7, 11) is 0. The molecule has 0 aliphatic carbocycles. The highest BCUT2D eigenvalue weighted by molar-refractivity contribution is 5.98. The molecule has 0 unspecified atom stereocenters. The van der Waals surface area contributed by atoms with E-state index < -0.39 is 0 Å². The summed E-state index contributed by atoms with van der Waals surface area (Å²) in [5.74, 6) is 0.556. The van der Waals surface area contributed by atoms with E-state index in [2.05, 4.69) is 15.3 Å². The largest absolute Gasteiger partial charge is 0.441 e.